The van der Waals surface area contributed by atoms with E-state index in [-0.39, 0.29) is 5.91 Å². The molecule has 3 aromatic rings. The molecule has 0 saturated heterocycles. The van der Waals surface area contributed by atoms with Gasteiger partial charge in [-0.2, -0.15) is 5.10 Å². The van der Waals surface area contributed by atoms with Gasteiger partial charge in [0.05, 0.1) is 16.6 Å². The molecule has 1 aromatic carbocycles. The number of hydrogen-bond donors (Lipinski definition) is 3. The summed E-state index contributed by atoms with van der Waals surface area (Å²) in [5.74, 6) is -0.302. The highest BCUT2D eigenvalue weighted by molar-refractivity contribution is 7.80. The van der Waals surface area contributed by atoms with Crippen LogP contribution in [0.5, 0.6) is 0 Å². The van der Waals surface area contributed by atoms with Crippen molar-refractivity contribution < 1.29 is 4.79 Å². The fourth-order valence-electron chi connectivity index (χ4n) is 2.61. The number of pyridine rings is 1. The molecule has 0 radical (unpaired) electrons. The van der Waals surface area contributed by atoms with E-state index in [9.17, 15) is 4.79 Å². The fraction of sp³-hybridized carbons (Fsp3) is 0.176. The van der Waals surface area contributed by atoms with E-state index in [4.69, 9.17) is 12.2 Å². The van der Waals surface area contributed by atoms with Crippen LogP contribution in [0.4, 0.5) is 5.69 Å². The summed E-state index contributed by atoms with van der Waals surface area (Å²) >= 11 is 5.19. The molecular formula is C17H18N6OS. The molecule has 2 aromatic heterocycles. The van der Waals surface area contributed by atoms with Gasteiger partial charge in [0.25, 0.3) is 5.91 Å². The van der Waals surface area contributed by atoms with Crippen LogP contribution >= 0.6 is 12.2 Å². The van der Waals surface area contributed by atoms with Crippen molar-refractivity contribution in [3.05, 3.63) is 53.3 Å². The number of benzene rings is 1. The van der Waals surface area contributed by atoms with Crippen molar-refractivity contribution in [3.8, 4) is 0 Å². The minimum absolute atomic E-state index is 0.296. The van der Waals surface area contributed by atoms with E-state index in [0.717, 1.165) is 22.5 Å². The fourth-order valence-corrected chi connectivity index (χ4v) is 2.78. The number of carbonyl (C=O) groups is 1. The number of amides is 1. The smallest absolute Gasteiger partial charge is 0.270 e. The summed E-state index contributed by atoms with van der Waals surface area (Å²) in [7, 11) is 1.81. The molecule has 8 heteroatoms. The highest BCUT2D eigenvalue weighted by Crippen LogP contribution is 2.21. The van der Waals surface area contributed by atoms with Crippen LogP contribution in [-0.2, 0) is 7.05 Å². The maximum atomic E-state index is 12.6. The molecule has 2 heterocycles. The van der Waals surface area contributed by atoms with E-state index in [1.54, 1.807) is 17.8 Å². The summed E-state index contributed by atoms with van der Waals surface area (Å²) in [4.78, 5) is 17.1. The molecule has 1 amide bonds. The number of aryl methyl sites for hydroxylation is 3. The van der Waals surface area contributed by atoms with Gasteiger partial charge in [0, 0.05) is 18.4 Å². The van der Waals surface area contributed by atoms with E-state index in [0.29, 0.717) is 16.3 Å². The molecule has 0 saturated carbocycles. The predicted octanol–water partition coefficient (Wildman–Crippen LogP) is 2.22. The number of rotatable bonds is 2. The lowest BCUT2D eigenvalue weighted by atomic mass is 10.1. The summed E-state index contributed by atoms with van der Waals surface area (Å²) in [5.41, 5.74) is 8.83. The van der Waals surface area contributed by atoms with Crippen molar-refractivity contribution in [1.29, 1.82) is 0 Å². The van der Waals surface area contributed by atoms with Crippen LogP contribution in [0.25, 0.3) is 11.0 Å². The quantitative estimate of drug-likeness (QED) is 0.483. The zero-order valence-electron chi connectivity index (χ0n) is 14.1. The van der Waals surface area contributed by atoms with Gasteiger partial charge in [-0.15, -0.1) is 0 Å². The van der Waals surface area contributed by atoms with Crippen molar-refractivity contribution in [1.82, 2.24) is 25.6 Å². The SMILES string of the molecule is Cc1cc(C(=O)NNC(=S)Nc2ccccc2)c2c(C)nn(C)c2n1. The molecule has 3 rings (SSSR count). The first-order valence-electron chi connectivity index (χ1n) is 7.69. The van der Waals surface area contributed by atoms with Crippen LogP contribution in [0.3, 0.4) is 0 Å². The number of fused-ring (bicyclic) bond motifs is 1. The summed E-state index contributed by atoms with van der Waals surface area (Å²) < 4.78 is 1.67. The van der Waals surface area contributed by atoms with Crippen LogP contribution in [0.15, 0.2) is 36.4 Å². The predicted molar refractivity (Wildman–Crippen MR) is 101 cm³/mol. The van der Waals surface area contributed by atoms with E-state index in [2.05, 4.69) is 26.3 Å². The lowest BCUT2D eigenvalue weighted by Gasteiger charge is -2.12. The third-order valence-electron chi connectivity index (χ3n) is 3.66. The largest absolute Gasteiger partial charge is 0.331 e. The minimum atomic E-state index is -0.302. The number of carbonyl (C=O) groups excluding carboxylic acids is 1. The Morgan fingerprint density at radius 1 is 1.16 bits per heavy atom. The summed E-state index contributed by atoms with van der Waals surface area (Å²) in [6, 6.07) is 11.2. The van der Waals surface area contributed by atoms with Gasteiger partial charge in [-0.1, -0.05) is 18.2 Å². The van der Waals surface area contributed by atoms with Gasteiger partial charge in [0.15, 0.2) is 10.8 Å². The zero-order valence-corrected chi connectivity index (χ0v) is 14.9. The van der Waals surface area contributed by atoms with Gasteiger partial charge in [-0.05, 0) is 44.3 Å². The first kappa shape index (κ1) is 16.8. The minimum Gasteiger partial charge on any atom is -0.331 e. The molecule has 128 valence electrons. The number of hydrazine groups is 1. The maximum Gasteiger partial charge on any atom is 0.270 e. The number of aromatic nitrogens is 3. The Morgan fingerprint density at radius 2 is 1.88 bits per heavy atom. The van der Waals surface area contributed by atoms with Gasteiger partial charge >= 0.3 is 0 Å². The number of hydrogen-bond acceptors (Lipinski definition) is 4. The zero-order chi connectivity index (χ0) is 18.0. The summed E-state index contributed by atoms with van der Waals surface area (Å²) in [6.45, 7) is 3.69. The molecule has 0 aliphatic heterocycles. The average Bonchev–Trinajstić information content (AvgIpc) is 2.87. The molecular weight excluding hydrogens is 336 g/mol. The molecule has 25 heavy (non-hydrogen) atoms. The van der Waals surface area contributed by atoms with Gasteiger partial charge in [0.1, 0.15) is 0 Å². The Bertz CT molecular complexity index is 951. The second kappa shape index (κ2) is 6.86. The van der Waals surface area contributed by atoms with Gasteiger partial charge in [-0.3, -0.25) is 20.3 Å². The highest BCUT2D eigenvalue weighted by Gasteiger charge is 2.17. The Kier molecular flexibility index (Phi) is 4.62. The second-order valence-electron chi connectivity index (χ2n) is 5.62. The monoisotopic (exact) mass is 354 g/mol. The first-order chi connectivity index (χ1) is 12.0. The van der Waals surface area contributed by atoms with Gasteiger partial charge < -0.3 is 5.32 Å². The van der Waals surface area contributed by atoms with Crippen LogP contribution < -0.4 is 16.2 Å². The number of thiocarbonyl (C=S) groups is 1. The van der Waals surface area contributed by atoms with Gasteiger partial charge in [0.2, 0.25) is 0 Å². The van der Waals surface area contributed by atoms with Crippen LogP contribution in [0.1, 0.15) is 21.7 Å². The number of para-hydroxylation sites is 1. The van der Waals surface area contributed by atoms with Crippen LogP contribution in [0, 0.1) is 13.8 Å². The van der Waals surface area contributed by atoms with Crippen molar-refractivity contribution in [2.75, 3.05) is 5.32 Å². The maximum absolute atomic E-state index is 12.6. The first-order valence-corrected chi connectivity index (χ1v) is 8.10. The number of anilines is 1. The molecule has 0 spiro atoms. The van der Waals surface area contributed by atoms with Crippen LogP contribution in [0.2, 0.25) is 0 Å². The number of nitrogens with one attached hydrogen (secondary N) is 3. The average molecular weight is 354 g/mol. The lowest BCUT2D eigenvalue weighted by molar-refractivity contribution is 0.0945. The molecule has 0 unspecified atom stereocenters. The Morgan fingerprint density at radius 3 is 2.60 bits per heavy atom. The Balaban J connectivity index is 1.75. The number of nitrogens with zero attached hydrogens (tertiary/aromatic N) is 3. The van der Waals surface area contributed by atoms with E-state index in [1.165, 1.54) is 0 Å². The molecule has 3 N–H and O–H groups in total. The third kappa shape index (κ3) is 3.58. The van der Waals surface area contributed by atoms with Crippen molar-refractivity contribution in [3.63, 3.8) is 0 Å². The van der Waals surface area contributed by atoms with Gasteiger partial charge in [-0.25, -0.2) is 4.98 Å². The van der Waals surface area contributed by atoms with Crippen molar-refractivity contribution in [2.24, 2.45) is 7.05 Å². The summed E-state index contributed by atoms with van der Waals surface area (Å²) in [5, 5.41) is 8.36. The topological polar surface area (TPSA) is 83.9 Å². The molecule has 0 bridgehead atoms. The highest BCUT2D eigenvalue weighted by atomic mass is 32.1. The Hall–Kier alpha value is -3.00. The molecule has 7 nitrogen and oxygen atoms in total. The normalized spacial score (nSPS) is 10.5. The second-order valence-corrected chi connectivity index (χ2v) is 6.03. The standard InChI is InChI=1S/C17H18N6OS/c1-10-9-13(14-11(2)22-23(3)15(14)18-10)16(24)20-21-17(25)19-12-7-5-4-6-8-12/h4-9H,1-3H3,(H,20,24)(H2,19,21,25). The molecule has 0 aliphatic carbocycles. The van der Waals surface area contributed by atoms with E-state index >= 15 is 0 Å². The lowest BCUT2D eigenvalue weighted by Crippen LogP contribution is -2.43. The van der Waals surface area contributed by atoms with Crippen molar-refractivity contribution >= 4 is 40.0 Å². The Labute approximate surface area is 150 Å². The molecule has 0 fully saturated rings. The molecule has 0 aliphatic rings. The van der Waals surface area contributed by atoms with E-state index < -0.39 is 0 Å². The third-order valence-corrected chi connectivity index (χ3v) is 3.87. The summed E-state index contributed by atoms with van der Waals surface area (Å²) in [6.07, 6.45) is 0. The molecule has 0 atom stereocenters. The van der Waals surface area contributed by atoms with E-state index in [1.807, 2.05) is 44.2 Å². The van der Waals surface area contributed by atoms with Crippen molar-refractivity contribution in [2.45, 2.75) is 13.8 Å². The van der Waals surface area contributed by atoms with Crippen LogP contribution in [-0.4, -0.2) is 25.8 Å².